The highest BCUT2D eigenvalue weighted by molar-refractivity contribution is 6.30. The van der Waals surface area contributed by atoms with E-state index in [4.69, 9.17) is 11.6 Å². The van der Waals surface area contributed by atoms with Crippen LogP contribution in [0.5, 0.6) is 0 Å². The van der Waals surface area contributed by atoms with Gasteiger partial charge in [-0.05, 0) is 18.2 Å². The number of aromatic nitrogens is 2. The van der Waals surface area contributed by atoms with E-state index in [1.807, 2.05) is 0 Å². The number of anilines is 1. The molecule has 2 rings (SSSR count). The molecule has 1 heterocycles. The zero-order chi connectivity index (χ0) is 14.0. The van der Waals surface area contributed by atoms with E-state index in [1.54, 1.807) is 0 Å². The number of imidazole rings is 1. The van der Waals surface area contributed by atoms with Crippen molar-refractivity contribution in [3.63, 3.8) is 0 Å². The first kappa shape index (κ1) is 13.4. The van der Waals surface area contributed by atoms with Gasteiger partial charge in [0.2, 0.25) is 0 Å². The summed E-state index contributed by atoms with van der Waals surface area (Å²) in [6, 6.07) is 2.37. The maximum atomic E-state index is 12.8. The molecule has 1 N–H and O–H groups in total. The van der Waals surface area contributed by atoms with Crippen LogP contribution in [-0.4, -0.2) is 15.6 Å². The summed E-state index contributed by atoms with van der Waals surface area (Å²) in [5, 5.41) is 2.09. The number of nitrogens with one attached hydrogen (secondary N) is 1. The number of carbonyl (C=O) groups excluding carboxylic acids is 1. The molecule has 0 atom stereocenters. The number of carbonyl (C=O) groups is 1. The van der Waals surface area contributed by atoms with Gasteiger partial charge < -0.3 is 5.32 Å². The quantitative estimate of drug-likeness (QED) is 0.871. The van der Waals surface area contributed by atoms with Crippen LogP contribution >= 0.6 is 11.6 Å². The van der Waals surface area contributed by atoms with E-state index in [9.17, 15) is 18.0 Å². The zero-order valence-electron chi connectivity index (χ0n) is 9.28. The van der Waals surface area contributed by atoms with Gasteiger partial charge >= 0.3 is 12.2 Å². The van der Waals surface area contributed by atoms with Crippen LogP contribution in [0.1, 0.15) is 5.56 Å². The molecule has 0 aliphatic carbocycles. The first-order valence-electron chi connectivity index (χ1n) is 5.04. The zero-order valence-corrected chi connectivity index (χ0v) is 10.0. The molecule has 0 aliphatic heterocycles. The Morgan fingerprint density at radius 1 is 1.37 bits per heavy atom. The molecule has 0 bridgehead atoms. The van der Waals surface area contributed by atoms with Crippen LogP contribution in [0.15, 0.2) is 36.9 Å². The van der Waals surface area contributed by atoms with Crippen molar-refractivity contribution in [2.24, 2.45) is 0 Å². The fourth-order valence-corrected chi connectivity index (χ4v) is 1.59. The van der Waals surface area contributed by atoms with Crippen LogP contribution in [0.2, 0.25) is 5.02 Å². The molecule has 0 saturated heterocycles. The topological polar surface area (TPSA) is 46.9 Å². The van der Waals surface area contributed by atoms with Crippen LogP contribution < -0.4 is 5.32 Å². The van der Waals surface area contributed by atoms with Gasteiger partial charge in [-0.3, -0.25) is 4.57 Å². The number of rotatable bonds is 1. The van der Waals surface area contributed by atoms with Gasteiger partial charge in [0.15, 0.2) is 0 Å². The average Bonchev–Trinajstić information content (AvgIpc) is 2.83. The van der Waals surface area contributed by atoms with Crippen LogP contribution in [0, 0.1) is 0 Å². The van der Waals surface area contributed by atoms with Crippen molar-refractivity contribution in [3.05, 3.63) is 47.5 Å². The lowest BCUT2D eigenvalue weighted by Crippen LogP contribution is -2.20. The summed E-state index contributed by atoms with van der Waals surface area (Å²) in [6.07, 6.45) is -0.772. The lowest BCUT2D eigenvalue weighted by atomic mass is 10.1. The molecule has 1 aromatic carbocycles. The van der Waals surface area contributed by atoms with E-state index in [0.29, 0.717) is 0 Å². The summed E-state index contributed by atoms with van der Waals surface area (Å²) in [4.78, 5) is 15.3. The summed E-state index contributed by atoms with van der Waals surface area (Å²) in [5.74, 6) is 0. The van der Waals surface area contributed by atoms with Gasteiger partial charge in [0.1, 0.15) is 6.33 Å². The Balaban J connectivity index is 2.33. The Labute approximate surface area is 110 Å². The highest BCUT2D eigenvalue weighted by Crippen LogP contribution is 2.36. The van der Waals surface area contributed by atoms with Gasteiger partial charge in [0.05, 0.1) is 11.3 Å². The summed E-state index contributed by atoms with van der Waals surface area (Å²) in [7, 11) is 0. The summed E-state index contributed by atoms with van der Waals surface area (Å²) in [6.45, 7) is 0. The predicted octanol–water partition coefficient (Wildman–Crippen LogP) is 3.64. The molecule has 0 fully saturated rings. The van der Waals surface area contributed by atoms with Crippen molar-refractivity contribution in [3.8, 4) is 0 Å². The van der Waals surface area contributed by atoms with Crippen molar-refractivity contribution in [2.75, 3.05) is 5.32 Å². The molecule has 0 saturated carbocycles. The van der Waals surface area contributed by atoms with E-state index in [-0.39, 0.29) is 10.7 Å². The van der Waals surface area contributed by atoms with Crippen LogP contribution in [0.25, 0.3) is 0 Å². The van der Waals surface area contributed by atoms with Crippen molar-refractivity contribution in [1.29, 1.82) is 0 Å². The monoisotopic (exact) mass is 289 g/mol. The third-order valence-corrected chi connectivity index (χ3v) is 2.50. The van der Waals surface area contributed by atoms with Gasteiger partial charge in [-0.15, -0.1) is 0 Å². The summed E-state index contributed by atoms with van der Waals surface area (Å²) >= 11 is 5.53. The normalized spacial score (nSPS) is 11.4. The Kier molecular flexibility index (Phi) is 3.48. The van der Waals surface area contributed by atoms with Crippen molar-refractivity contribution in [1.82, 2.24) is 9.55 Å². The molecule has 0 aliphatic rings. The standard InChI is InChI=1S/C11H7ClF3N3O/c12-7-1-2-9(8(5-7)11(13,14)15)17-10(19)18-4-3-16-6-18/h1-6H,(H,17,19). The van der Waals surface area contributed by atoms with Gasteiger partial charge in [0, 0.05) is 17.4 Å². The van der Waals surface area contributed by atoms with Gasteiger partial charge in [-0.1, -0.05) is 11.6 Å². The van der Waals surface area contributed by atoms with E-state index in [0.717, 1.165) is 16.7 Å². The Morgan fingerprint density at radius 3 is 2.68 bits per heavy atom. The third kappa shape index (κ3) is 3.05. The van der Waals surface area contributed by atoms with E-state index in [2.05, 4.69) is 10.3 Å². The number of nitrogens with zero attached hydrogens (tertiary/aromatic N) is 2. The minimum absolute atomic E-state index is 0.0621. The Hall–Kier alpha value is -2.02. The van der Waals surface area contributed by atoms with Crippen LogP contribution in [0.4, 0.5) is 23.7 Å². The van der Waals surface area contributed by atoms with Crippen molar-refractivity contribution in [2.45, 2.75) is 6.18 Å². The molecule has 0 unspecified atom stereocenters. The number of alkyl halides is 3. The molecule has 0 radical (unpaired) electrons. The van der Waals surface area contributed by atoms with Gasteiger partial charge in [-0.2, -0.15) is 13.2 Å². The molecule has 1 aromatic heterocycles. The SMILES string of the molecule is O=C(Nc1ccc(Cl)cc1C(F)(F)F)n1ccnc1. The van der Waals surface area contributed by atoms with Crippen LogP contribution in [-0.2, 0) is 6.18 Å². The molecule has 0 spiro atoms. The summed E-state index contributed by atoms with van der Waals surface area (Å²) in [5.41, 5.74) is -1.37. The van der Waals surface area contributed by atoms with Gasteiger partial charge in [0.25, 0.3) is 0 Å². The maximum Gasteiger partial charge on any atom is 0.418 e. The minimum Gasteiger partial charge on any atom is -0.307 e. The molecule has 19 heavy (non-hydrogen) atoms. The number of hydrogen-bond acceptors (Lipinski definition) is 2. The van der Waals surface area contributed by atoms with E-state index in [1.165, 1.54) is 24.8 Å². The maximum absolute atomic E-state index is 12.8. The first-order valence-corrected chi connectivity index (χ1v) is 5.42. The second-order valence-corrected chi connectivity index (χ2v) is 4.02. The second-order valence-electron chi connectivity index (χ2n) is 3.59. The van der Waals surface area contributed by atoms with Crippen molar-refractivity contribution >= 4 is 23.3 Å². The van der Waals surface area contributed by atoms with Crippen molar-refractivity contribution < 1.29 is 18.0 Å². The molecule has 4 nitrogen and oxygen atoms in total. The predicted molar refractivity (Wildman–Crippen MR) is 63.1 cm³/mol. The third-order valence-electron chi connectivity index (χ3n) is 2.27. The minimum atomic E-state index is -4.61. The molecular formula is C11H7ClF3N3O. The summed E-state index contributed by atoms with van der Waals surface area (Å²) < 4.78 is 39.4. The molecular weight excluding hydrogens is 283 g/mol. The largest absolute Gasteiger partial charge is 0.418 e. The smallest absolute Gasteiger partial charge is 0.307 e. The fraction of sp³-hybridized carbons (Fsp3) is 0.0909. The first-order chi connectivity index (χ1) is 8.88. The number of amides is 1. The Bertz CT molecular complexity index is 596. The Morgan fingerprint density at radius 2 is 2.11 bits per heavy atom. The lowest BCUT2D eigenvalue weighted by Gasteiger charge is -2.14. The molecule has 100 valence electrons. The second kappa shape index (κ2) is 4.93. The number of hydrogen-bond donors (Lipinski definition) is 1. The molecule has 1 amide bonds. The van der Waals surface area contributed by atoms with Crippen LogP contribution in [0.3, 0.4) is 0 Å². The number of benzene rings is 1. The molecule has 8 heteroatoms. The van der Waals surface area contributed by atoms with Gasteiger partial charge in [-0.25, -0.2) is 9.78 Å². The fourth-order valence-electron chi connectivity index (χ4n) is 1.42. The molecule has 2 aromatic rings. The number of halogens is 4. The highest BCUT2D eigenvalue weighted by atomic mass is 35.5. The lowest BCUT2D eigenvalue weighted by molar-refractivity contribution is -0.136. The van der Waals surface area contributed by atoms with E-state index >= 15 is 0 Å². The average molecular weight is 290 g/mol. The highest BCUT2D eigenvalue weighted by Gasteiger charge is 2.34. The van der Waals surface area contributed by atoms with E-state index < -0.39 is 17.8 Å².